The largest absolute Gasteiger partial charge is 0.465 e. The van der Waals surface area contributed by atoms with Gasteiger partial charge in [-0.15, -0.1) is 0 Å². The molecule has 2 aliphatic rings. The van der Waals surface area contributed by atoms with Crippen molar-refractivity contribution >= 4 is 15.8 Å². The van der Waals surface area contributed by atoms with E-state index in [0.29, 0.717) is 24.6 Å². The van der Waals surface area contributed by atoms with Gasteiger partial charge in [0.2, 0.25) is 0 Å². The summed E-state index contributed by atoms with van der Waals surface area (Å²) in [6, 6.07) is 16.2. The van der Waals surface area contributed by atoms with Crippen molar-refractivity contribution in [3.8, 4) is 0 Å². The lowest BCUT2D eigenvalue weighted by Crippen LogP contribution is -2.24. The zero-order valence-corrected chi connectivity index (χ0v) is 15.2. The number of ether oxygens (including phenoxy) is 1. The molecule has 0 radical (unpaired) electrons. The maximum Gasteiger partial charge on any atom is 0.310 e. The summed E-state index contributed by atoms with van der Waals surface area (Å²) in [6.45, 7) is 2.66. The third-order valence-electron chi connectivity index (χ3n) is 5.22. The molecule has 2 heterocycles. The highest BCUT2D eigenvalue weighted by Gasteiger charge is 2.43. The minimum atomic E-state index is -3.39. The molecule has 0 aromatic heterocycles. The molecule has 2 saturated heterocycles. The Morgan fingerprint density at radius 2 is 1.65 bits per heavy atom. The Balaban J connectivity index is 1.52. The maximum absolute atomic E-state index is 12.7. The number of nitrogens with zero attached hydrogens (tertiary/aromatic N) is 1. The van der Waals surface area contributed by atoms with E-state index in [-0.39, 0.29) is 23.6 Å². The molecule has 0 bridgehead atoms. The second-order valence-electron chi connectivity index (χ2n) is 7.03. The van der Waals surface area contributed by atoms with E-state index >= 15 is 0 Å². The Hall–Kier alpha value is -2.18. The second kappa shape index (κ2) is 6.85. The molecule has 4 rings (SSSR count). The summed E-state index contributed by atoms with van der Waals surface area (Å²) in [5, 5.41) is 0. The first-order valence-corrected chi connectivity index (χ1v) is 10.4. The average Bonchev–Trinajstić information content (AvgIpc) is 3.19. The third kappa shape index (κ3) is 3.39. The highest BCUT2D eigenvalue weighted by Crippen LogP contribution is 2.31. The smallest absolute Gasteiger partial charge is 0.310 e. The highest BCUT2D eigenvalue weighted by molar-refractivity contribution is 7.90. The van der Waals surface area contributed by atoms with Crippen molar-refractivity contribution in [1.29, 1.82) is 0 Å². The van der Waals surface area contributed by atoms with Gasteiger partial charge in [0.15, 0.2) is 9.84 Å². The van der Waals surface area contributed by atoms with Gasteiger partial charge in [0, 0.05) is 25.6 Å². The summed E-state index contributed by atoms with van der Waals surface area (Å²) in [5.74, 6) is 0.117. The molecule has 0 aliphatic carbocycles. The van der Waals surface area contributed by atoms with Crippen LogP contribution in [0.5, 0.6) is 0 Å². The number of rotatable bonds is 5. The zero-order chi connectivity index (χ0) is 18.1. The number of likely N-dealkylation sites (tertiary alicyclic amines) is 1. The molecule has 0 unspecified atom stereocenters. The van der Waals surface area contributed by atoms with Crippen LogP contribution in [0.2, 0.25) is 0 Å². The fourth-order valence-corrected chi connectivity index (χ4v) is 5.26. The lowest BCUT2D eigenvalue weighted by Gasteiger charge is -2.19. The summed E-state index contributed by atoms with van der Waals surface area (Å²) in [6.07, 6.45) is 0. The molecule has 136 valence electrons. The van der Waals surface area contributed by atoms with Gasteiger partial charge in [-0.25, -0.2) is 8.42 Å². The molecule has 2 aliphatic heterocycles. The van der Waals surface area contributed by atoms with Crippen LogP contribution in [-0.2, 0) is 31.7 Å². The number of fused-ring (bicyclic) bond motifs is 1. The molecular weight excluding hydrogens is 350 g/mol. The molecule has 0 N–H and O–H groups in total. The van der Waals surface area contributed by atoms with E-state index in [1.165, 1.54) is 0 Å². The number of carbonyl (C=O) groups excluding carboxylic acids is 1. The fourth-order valence-electron chi connectivity index (χ4n) is 3.83. The molecule has 0 amide bonds. The number of esters is 1. The van der Waals surface area contributed by atoms with Crippen molar-refractivity contribution in [2.45, 2.75) is 17.2 Å². The van der Waals surface area contributed by atoms with Gasteiger partial charge < -0.3 is 4.74 Å². The van der Waals surface area contributed by atoms with E-state index in [1.54, 1.807) is 24.3 Å². The number of hydrogen-bond donors (Lipinski definition) is 0. The van der Waals surface area contributed by atoms with Crippen LogP contribution in [0.4, 0.5) is 0 Å². The summed E-state index contributed by atoms with van der Waals surface area (Å²) in [4.78, 5) is 14.3. The summed E-state index contributed by atoms with van der Waals surface area (Å²) < 4.78 is 30.5. The van der Waals surface area contributed by atoms with Crippen LogP contribution in [0.25, 0.3) is 0 Å². The predicted octanol–water partition coefficient (Wildman–Crippen LogP) is 2.27. The van der Waals surface area contributed by atoms with E-state index in [0.717, 1.165) is 17.7 Å². The maximum atomic E-state index is 12.7. The Bertz CT molecular complexity index is 910. The summed E-state index contributed by atoms with van der Waals surface area (Å²) >= 11 is 0. The molecule has 2 aromatic carbocycles. The van der Waals surface area contributed by atoms with Crippen LogP contribution in [0, 0.1) is 11.8 Å². The molecular formula is C20H21NO4S. The van der Waals surface area contributed by atoms with Crippen molar-refractivity contribution in [2.24, 2.45) is 11.8 Å². The Morgan fingerprint density at radius 1 is 0.962 bits per heavy atom. The van der Waals surface area contributed by atoms with Crippen LogP contribution in [0.1, 0.15) is 11.1 Å². The second-order valence-corrected chi connectivity index (χ2v) is 9.02. The van der Waals surface area contributed by atoms with Gasteiger partial charge in [-0.3, -0.25) is 9.69 Å². The van der Waals surface area contributed by atoms with Crippen LogP contribution in [0.15, 0.2) is 59.5 Å². The van der Waals surface area contributed by atoms with E-state index in [1.807, 2.05) is 30.3 Å². The monoisotopic (exact) mass is 371 g/mol. The van der Waals surface area contributed by atoms with Crippen molar-refractivity contribution in [1.82, 2.24) is 4.90 Å². The normalized spacial score (nSPS) is 23.0. The lowest BCUT2D eigenvalue weighted by molar-refractivity contribution is -0.141. The quantitative estimate of drug-likeness (QED) is 0.755. The number of hydrogen-bond acceptors (Lipinski definition) is 5. The lowest BCUT2D eigenvalue weighted by atomic mass is 10.0. The first kappa shape index (κ1) is 17.2. The van der Waals surface area contributed by atoms with Gasteiger partial charge >= 0.3 is 5.97 Å². The minimum Gasteiger partial charge on any atom is -0.465 e. The fraction of sp³-hybridized carbons (Fsp3) is 0.350. The molecule has 2 aromatic rings. The van der Waals surface area contributed by atoms with Gasteiger partial charge in [0.25, 0.3) is 0 Å². The minimum absolute atomic E-state index is 0.0179. The van der Waals surface area contributed by atoms with Crippen molar-refractivity contribution in [3.63, 3.8) is 0 Å². The molecule has 2 atom stereocenters. The van der Waals surface area contributed by atoms with Crippen molar-refractivity contribution < 1.29 is 17.9 Å². The molecule has 0 spiro atoms. The Kier molecular flexibility index (Phi) is 4.54. The van der Waals surface area contributed by atoms with Crippen molar-refractivity contribution in [2.75, 3.05) is 19.7 Å². The third-order valence-corrected chi connectivity index (χ3v) is 6.90. The van der Waals surface area contributed by atoms with Gasteiger partial charge in [0.05, 0.1) is 23.2 Å². The first-order valence-electron chi connectivity index (χ1n) is 8.76. The van der Waals surface area contributed by atoms with E-state index in [2.05, 4.69) is 4.90 Å². The predicted molar refractivity (Wildman–Crippen MR) is 97.0 cm³/mol. The molecule has 0 saturated carbocycles. The highest BCUT2D eigenvalue weighted by atomic mass is 32.2. The van der Waals surface area contributed by atoms with Crippen LogP contribution < -0.4 is 0 Å². The Morgan fingerprint density at radius 3 is 2.38 bits per heavy atom. The van der Waals surface area contributed by atoms with Gasteiger partial charge in [-0.2, -0.15) is 0 Å². The molecule has 6 heteroatoms. The van der Waals surface area contributed by atoms with Crippen LogP contribution in [0.3, 0.4) is 0 Å². The Labute approximate surface area is 153 Å². The van der Waals surface area contributed by atoms with Crippen LogP contribution >= 0.6 is 0 Å². The number of cyclic esters (lactones) is 1. The molecule has 2 fully saturated rings. The van der Waals surface area contributed by atoms with Gasteiger partial charge in [-0.1, -0.05) is 42.5 Å². The number of benzene rings is 2. The van der Waals surface area contributed by atoms with Gasteiger partial charge in [0.1, 0.15) is 0 Å². The van der Waals surface area contributed by atoms with E-state index in [9.17, 15) is 13.2 Å². The van der Waals surface area contributed by atoms with Gasteiger partial charge in [-0.05, 0) is 23.3 Å². The van der Waals surface area contributed by atoms with Crippen LogP contribution in [-0.4, -0.2) is 39.0 Å². The topological polar surface area (TPSA) is 63.7 Å². The number of carbonyl (C=O) groups is 1. The SMILES string of the molecule is O=C1OC[C@H]2CN(Cc3ccccc3CS(=O)(=O)c3ccccc3)C[C@@H]12. The first-order chi connectivity index (χ1) is 12.5. The average molecular weight is 371 g/mol. The standard InChI is InChI=1S/C20H21NO4S/c22-20-19-12-21(11-17(19)13-25-20)10-15-6-4-5-7-16(15)14-26(23,24)18-8-2-1-3-9-18/h1-9,17,19H,10-14H2/t17-,19-/m1/s1. The molecule has 26 heavy (non-hydrogen) atoms. The van der Waals surface area contributed by atoms with E-state index in [4.69, 9.17) is 4.74 Å². The summed E-state index contributed by atoms with van der Waals surface area (Å²) in [7, 11) is -3.39. The van der Waals surface area contributed by atoms with E-state index < -0.39 is 9.84 Å². The zero-order valence-electron chi connectivity index (χ0n) is 14.4. The molecule has 5 nitrogen and oxygen atoms in total. The summed E-state index contributed by atoms with van der Waals surface area (Å²) in [5.41, 5.74) is 1.82. The van der Waals surface area contributed by atoms with Crippen molar-refractivity contribution in [3.05, 3.63) is 65.7 Å². The number of sulfone groups is 1.